The van der Waals surface area contributed by atoms with E-state index in [9.17, 15) is 50.3 Å². The molecular weight excluding hydrogens is 1150 g/mol. The molecule has 0 aromatic carbocycles. The number of carbonyl (C=O) groups excluding carboxylic acids is 2. The van der Waals surface area contributed by atoms with E-state index < -0.39 is 29.5 Å². The minimum Gasteiger partial charge on any atom is -0.486 e. The fourth-order valence-corrected chi connectivity index (χ4v) is 11.1. The summed E-state index contributed by atoms with van der Waals surface area (Å²) in [6.45, 7) is 7.93. The van der Waals surface area contributed by atoms with Crippen LogP contribution in [-0.4, -0.2) is 150 Å². The smallest absolute Gasteiger partial charge is 0.471 e. The summed E-state index contributed by atoms with van der Waals surface area (Å²) in [5.41, 5.74) is 3.29. The molecule has 2 saturated heterocycles. The number of nitrogens with one attached hydrogen (secondary N) is 1. The van der Waals surface area contributed by atoms with Gasteiger partial charge in [0.05, 0.1) is 88.6 Å². The fraction of sp³-hybridized carbons (Fsp3) is 0.400. The van der Waals surface area contributed by atoms with E-state index in [2.05, 4.69) is 35.1 Å². The number of hydrogen-bond donors (Lipinski definition) is 1. The number of fused-ring (bicyclic) bond motifs is 5. The van der Waals surface area contributed by atoms with Crippen LogP contribution in [-0.2, 0) is 42.3 Å². The summed E-state index contributed by atoms with van der Waals surface area (Å²) in [5, 5.41) is 3.52. The molecule has 2 fully saturated rings. The molecule has 4 aliphatic rings. The molecule has 0 radical (unpaired) electrons. The third-order valence-corrected chi connectivity index (χ3v) is 15.2. The van der Waals surface area contributed by atoms with Crippen LogP contribution in [0.25, 0.3) is 33.1 Å². The number of carbonyl (C=O) groups is 2. The molecule has 2 atom stereocenters. The number of halogens is 6. The predicted octanol–water partition coefficient (Wildman–Crippen LogP) is 5.94. The zero-order chi connectivity index (χ0) is 61.0. The second-order valence-electron chi connectivity index (χ2n) is 21.3. The van der Waals surface area contributed by atoms with Crippen LogP contribution >= 0.6 is 0 Å². The molecule has 1 N–H and O–H groups in total. The molecule has 12 heterocycles. The lowest BCUT2D eigenvalue weighted by atomic mass is 9.97. The molecule has 2 unspecified atom stereocenters. The number of aromatic nitrogens is 8. The number of pyridine rings is 8. The summed E-state index contributed by atoms with van der Waals surface area (Å²) in [4.78, 5) is 84.8. The molecule has 458 valence electrons. The maximum absolute atomic E-state index is 13.8. The first kappa shape index (κ1) is 61.3. The van der Waals surface area contributed by atoms with Crippen molar-refractivity contribution < 1.29 is 54.9 Å². The van der Waals surface area contributed by atoms with Gasteiger partial charge in [0.1, 0.15) is 50.2 Å². The molecule has 0 aliphatic carbocycles. The molecule has 0 spiro atoms. The first-order valence-electron chi connectivity index (χ1n) is 28.4. The molecule has 4 aliphatic heterocycles. The van der Waals surface area contributed by atoms with Gasteiger partial charge in [0.25, 0.3) is 16.7 Å². The summed E-state index contributed by atoms with van der Waals surface area (Å²) < 4.78 is 107. The van der Waals surface area contributed by atoms with Gasteiger partial charge in [-0.1, -0.05) is 0 Å². The van der Waals surface area contributed by atoms with Crippen molar-refractivity contribution in [1.82, 2.24) is 58.6 Å². The number of rotatable bonds is 16. The lowest BCUT2D eigenvalue weighted by Crippen LogP contribution is -2.47. The molecule has 8 aromatic rings. The van der Waals surface area contributed by atoms with Crippen LogP contribution in [0.5, 0.6) is 23.0 Å². The Bertz CT molecular complexity index is 3940. The van der Waals surface area contributed by atoms with Crippen molar-refractivity contribution >= 4 is 45.3 Å². The Hall–Kier alpha value is -8.82. The topological polar surface area (TPSA) is 223 Å². The van der Waals surface area contributed by atoms with Gasteiger partial charge in [0.2, 0.25) is 0 Å². The second kappa shape index (κ2) is 28.1. The van der Waals surface area contributed by atoms with Crippen LogP contribution in [0.15, 0.2) is 112 Å². The summed E-state index contributed by atoms with van der Waals surface area (Å²) in [7, 11) is 0. The molecule has 0 bridgehead atoms. The Kier molecular flexibility index (Phi) is 19.8. The average Bonchev–Trinajstić information content (AvgIpc) is 3.60. The number of likely N-dealkylation sites (tertiary alicyclic amines) is 2. The van der Waals surface area contributed by atoms with Crippen LogP contribution < -0.4 is 40.9 Å². The minimum atomic E-state index is -5.03. The van der Waals surface area contributed by atoms with Crippen molar-refractivity contribution in [1.29, 1.82) is 0 Å². The molecule has 27 heteroatoms. The first-order chi connectivity index (χ1) is 42.0. The maximum Gasteiger partial charge on any atom is 0.471 e. The second-order valence-corrected chi connectivity index (χ2v) is 21.3. The first-order valence-corrected chi connectivity index (χ1v) is 28.4. The van der Waals surface area contributed by atoms with E-state index in [1.165, 1.54) is 82.5 Å². The van der Waals surface area contributed by atoms with Gasteiger partial charge in [-0.25, -0.2) is 13.2 Å². The van der Waals surface area contributed by atoms with Crippen molar-refractivity contribution in [3.8, 4) is 23.0 Å². The standard InChI is InChI=1S/C26H27F4N5O4.C24H28FN5O3.C10H7FN2O2/c27-18-10-21-20(32-12-18)3-4-24(36)35(21)7-6-33-5-1-2-17(14-33)15-34(25(37)26(28,29)30)16-19-11-22-23(13-31-19)39-9-8-38-22;25-18-10-21-20(28-13-18)3-4-24(31)30(21)7-6-29-5-1-2-17(16-29)12-26-14-19-11-22-23(15-27-19)33-9-8-32-22;11-7-5-9-8(12-6-7)1-2-10(15)13(9)3-4-14/h3-4,10-13,17H,1-2,5-9,14-16H2;3-4,10-11,13,15,17,26H,1-2,5-9,12,14,16H2;1-2,4-6H,3H2. The van der Waals surface area contributed by atoms with Crippen molar-refractivity contribution in [2.75, 3.05) is 78.8 Å². The van der Waals surface area contributed by atoms with Crippen molar-refractivity contribution in [3.05, 3.63) is 158 Å². The average molecular weight is 1210 g/mol. The number of aldehydes is 1. The van der Waals surface area contributed by atoms with Crippen molar-refractivity contribution in [2.45, 2.75) is 64.6 Å². The van der Waals surface area contributed by atoms with Gasteiger partial charge in [-0.3, -0.25) is 48.7 Å². The number of ether oxygens (including phenoxy) is 4. The number of hydrogen-bond acceptors (Lipinski definition) is 17. The third kappa shape index (κ3) is 15.8. The van der Waals surface area contributed by atoms with E-state index in [-0.39, 0.29) is 54.5 Å². The molecular formula is C60H62F6N12O9. The van der Waals surface area contributed by atoms with E-state index in [4.69, 9.17) is 18.9 Å². The summed E-state index contributed by atoms with van der Waals surface area (Å²) >= 11 is 0. The molecule has 87 heavy (non-hydrogen) atoms. The van der Waals surface area contributed by atoms with Crippen LogP contribution in [0.1, 0.15) is 37.1 Å². The Morgan fingerprint density at radius 3 is 1.53 bits per heavy atom. The monoisotopic (exact) mass is 1210 g/mol. The Morgan fingerprint density at radius 1 is 0.575 bits per heavy atom. The largest absolute Gasteiger partial charge is 0.486 e. The van der Waals surface area contributed by atoms with E-state index in [0.29, 0.717) is 128 Å². The SMILES string of the molecule is O=C(N(Cc1cc2c(cn1)OCCO2)CC1CCCN(CCn2c(=O)ccc3ncc(F)cc32)C1)C(F)(F)F.O=CCn1c(=O)ccc2ncc(F)cc21.O=c1ccc2ncc(F)cc2n1CCN1CCCC(CNCc2cc3c(cn2)OCCO3)C1. The minimum absolute atomic E-state index is 0.0959. The highest BCUT2D eigenvalue weighted by atomic mass is 19.4. The highest BCUT2D eigenvalue weighted by molar-refractivity contribution is 5.82. The normalized spacial score (nSPS) is 16.8. The predicted molar refractivity (Wildman–Crippen MR) is 306 cm³/mol. The lowest BCUT2D eigenvalue weighted by molar-refractivity contribution is -0.187. The fourth-order valence-electron chi connectivity index (χ4n) is 11.1. The Morgan fingerprint density at radius 2 is 1.02 bits per heavy atom. The molecule has 12 rings (SSSR count). The van der Waals surface area contributed by atoms with Gasteiger partial charge in [-0.15, -0.1) is 0 Å². The van der Waals surface area contributed by atoms with Gasteiger partial charge in [0, 0.05) is 101 Å². The number of nitrogens with zero attached hydrogens (tertiary/aromatic N) is 11. The van der Waals surface area contributed by atoms with Crippen LogP contribution in [0, 0.1) is 29.3 Å². The third-order valence-electron chi connectivity index (χ3n) is 15.2. The van der Waals surface area contributed by atoms with Crippen molar-refractivity contribution in [3.63, 3.8) is 0 Å². The van der Waals surface area contributed by atoms with Gasteiger partial charge in [-0.05, 0) is 75.4 Å². The highest BCUT2D eigenvalue weighted by Crippen LogP contribution is 2.32. The Labute approximate surface area is 493 Å². The van der Waals surface area contributed by atoms with E-state index in [1.807, 2.05) is 11.0 Å². The zero-order valence-corrected chi connectivity index (χ0v) is 47.2. The highest BCUT2D eigenvalue weighted by Gasteiger charge is 2.43. The summed E-state index contributed by atoms with van der Waals surface area (Å²) in [6, 6.07) is 16.1. The van der Waals surface area contributed by atoms with Crippen LogP contribution in [0.4, 0.5) is 26.3 Å². The van der Waals surface area contributed by atoms with Crippen LogP contribution in [0.3, 0.4) is 0 Å². The Balaban J connectivity index is 0.000000157. The number of piperidine rings is 2. The van der Waals surface area contributed by atoms with E-state index in [1.54, 1.807) is 16.8 Å². The molecule has 0 saturated carbocycles. The van der Waals surface area contributed by atoms with Gasteiger partial charge < -0.3 is 52.9 Å². The zero-order valence-electron chi connectivity index (χ0n) is 47.2. The van der Waals surface area contributed by atoms with E-state index in [0.717, 1.165) is 67.8 Å². The maximum atomic E-state index is 13.8. The molecule has 1 amide bonds. The summed E-state index contributed by atoms with van der Waals surface area (Å²) in [6.07, 6.45) is 5.67. The van der Waals surface area contributed by atoms with Gasteiger partial charge >= 0.3 is 12.1 Å². The number of amides is 1. The van der Waals surface area contributed by atoms with Gasteiger partial charge in [0.15, 0.2) is 23.0 Å². The quantitative estimate of drug-likeness (QED) is 0.0873. The lowest BCUT2D eigenvalue weighted by Gasteiger charge is -2.36. The van der Waals surface area contributed by atoms with Crippen LogP contribution in [0.2, 0.25) is 0 Å². The molecule has 21 nitrogen and oxygen atoms in total. The van der Waals surface area contributed by atoms with Gasteiger partial charge in [-0.2, -0.15) is 13.2 Å². The number of alkyl halides is 3. The molecule has 8 aromatic heterocycles. The van der Waals surface area contributed by atoms with Crippen molar-refractivity contribution in [2.24, 2.45) is 11.8 Å². The summed E-state index contributed by atoms with van der Waals surface area (Å²) in [5.74, 6) is -0.878. The van der Waals surface area contributed by atoms with E-state index >= 15 is 0 Å².